The number of imidazole rings is 1. The Kier molecular flexibility index (Phi) is 6.32. The molecule has 0 bridgehead atoms. The van der Waals surface area contributed by atoms with Gasteiger partial charge in [0.25, 0.3) is 0 Å². The Balaban J connectivity index is 1.63. The summed E-state index contributed by atoms with van der Waals surface area (Å²) in [5.41, 5.74) is 2.24. The second kappa shape index (κ2) is 9.04. The lowest BCUT2D eigenvalue weighted by Gasteiger charge is -2.11. The van der Waals surface area contributed by atoms with E-state index in [4.69, 9.17) is 15.6 Å². The second-order valence-corrected chi connectivity index (χ2v) is 10.5. The predicted molar refractivity (Wildman–Crippen MR) is 128 cm³/mol. The summed E-state index contributed by atoms with van der Waals surface area (Å²) in [6.07, 6.45) is 0. The van der Waals surface area contributed by atoms with E-state index in [2.05, 4.69) is 10.2 Å². The molecule has 0 aliphatic carbocycles. The third kappa shape index (κ3) is 4.16. The molecule has 0 saturated heterocycles. The minimum Gasteiger partial charge on any atom is -0.496 e. The fourth-order valence-corrected chi connectivity index (χ4v) is 5.24. The van der Waals surface area contributed by atoms with E-state index in [0.717, 1.165) is 16.9 Å². The van der Waals surface area contributed by atoms with Crippen molar-refractivity contribution in [1.29, 1.82) is 0 Å². The summed E-state index contributed by atoms with van der Waals surface area (Å²) in [5.74, 6) is 8.71. The fourth-order valence-electron chi connectivity index (χ4n) is 3.51. The Morgan fingerprint density at radius 3 is 2.61 bits per heavy atom. The average Bonchev–Trinajstić information content (AvgIpc) is 3.36. The molecule has 12 heteroatoms. The SMILES string of the molecule is CCn1c(CSc2nnc(-c3ccccc3OC)n2N)nc2cc(S(=O)(=O)N(C)C)ccc21. The van der Waals surface area contributed by atoms with E-state index < -0.39 is 10.0 Å². The highest BCUT2D eigenvalue weighted by atomic mass is 32.2. The molecule has 2 N–H and O–H groups in total. The Bertz CT molecular complexity index is 1410. The normalized spacial score (nSPS) is 12.0. The van der Waals surface area contributed by atoms with E-state index >= 15 is 0 Å². The first kappa shape index (κ1) is 23.1. The molecule has 4 aromatic rings. The van der Waals surface area contributed by atoms with Gasteiger partial charge in [-0.2, -0.15) is 0 Å². The molecule has 0 fully saturated rings. The number of aromatic nitrogens is 5. The number of ether oxygens (including phenoxy) is 1. The van der Waals surface area contributed by atoms with Crippen LogP contribution in [0.4, 0.5) is 0 Å². The Morgan fingerprint density at radius 1 is 1.15 bits per heavy atom. The van der Waals surface area contributed by atoms with Crippen LogP contribution in [-0.2, 0) is 22.3 Å². The molecule has 0 atom stereocenters. The topological polar surface area (TPSA) is 121 Å². The van der Waals surface area contributed by atoms with Crippen molar-refractivity contribution in [1.82, 2.24) is 28.7 Å². The van der Waals surface area contributed by atoms with E-state index in [0.29, 0.717) is 34.5 Å². The maximum Gasteiger partial charge on any atom is 0.242 e. The number of fused-ring (bicyclic) bond motifs is 1. The fraction of sp³-hybridized carbons (Fsp3) is 0.286. The molecule has 33 heavy (non-hydrogen) atoms. The summed E-state index contributed by atoms with van der Waals surface area (Å²) < 4.78 is 35.1. The second-order valence-electron chi connectivity index (χ2n) is 7.38. The van der Waals surface area contributed by atoms with Gasteiger partial charge in [0.15, 0.2) is 5.82 Å². The smallest absolute Gasteiger partial charge is 0.242 e. The van der Waals surface area contributed by atoms with Gasteiger partial charge in [-0.1, -0.05) is 23.9 Å². The standard InChI is InChI=1S/C21H25N7O3S2/c1-5-27-17-11-10-14(33(29,30)26(2)3)12-16(17)23-19(27)13-32-21-25-24-20(28(21)22)15-8-6-7-9-18(15)31-4/h6-12H,5,13,22H2,1-4H3. The van der Waals surface area contributed by atoms with Crippen LogP contribution in [0.5, 0.6) is 5.75 Å². The summed E-state index contributed by atoms with van der Waals surface area (Å²) in [6, 6.07) is 12.5. The molecule has 0 aliphatic heterocycles. The lowest BCUT2D eigenvalue weighted by atomic mass is 10.2. The van der Waals surface area contributed by atoms with Crippen molar-refractivity contribution >= 4 is 32.8 Å². The summed E-state index contributed by atoms with van der Waals surface area (Å²) >= 11 is 1.40. The lowest BCUT2D eigenvalue weighted by Crippen LogP contribution is -2.22. The van der Waals surface area contributed by atoms with E-state index in [9.17, 15) is 8.42 Å². The Labute approximate surface area is 196 Å². The molecule has 2 aromatic carbocycles. The molecule has 2 aromatic heterocycles. The van der Waals surface area contributed by atoms with Crippen molar-refractivity contribution in [2.24, 2.45) is 0 Å². The average molecular weight is 488 g/mol. The molecule has 0 amide bonds. The number of rotatable bonds is 8. The minimum absolute atomic E-state index is 0.211. The van der Waals surface area contributed by atoms with Crippen LogP contribution >= 0.6 is 11.8 Å². The molecule has 174 valence electrons. The number of nitrogens with two attached hydrogens (primary N) is 1. The summed E-state index contributed by atoms with van der Waals surface area (Å²) in [5, 5.41) is 9.00. The van der Waals surface area contributed by atoms with Crippen LogP contribution in [0.1, 0.15) is 12.7 Å². The maximum atomic E-state index is 12.5. The number of hydrogen-bond donors (Lipinski definition) is 1. The van der Waals surface area contributed by atoms with Crippen molar-refractivity contribution in [2.45, 2.75) is 29.3 Å². The van der Waals surface area contributed by atoms with E-state index in [1.807, 2.05) is 35.8 Å². The number of thioether (sulfide) groups is 1. The van der Waals surface area contributed by atoms with Crippen molar-refractivity contribution < 1.29 is 13.2 Å². The lowest BCUT2D eigenvalue weighted by molar-refractivity contribution is 0.416. The van der Waals surface area contributed by atoms with E-state index in [-0.39, 0.29) is 4.90 Å². The molecular weight excluding hydrogens is 462 g/mol. The summed E-state index contributed by atoms with van der Waals surface area (Å²) in [4.78, 5) is 4.91. The van der Waals surface area contributed by atoms with Gasteiger partial charge in [0, 0.05) is 20.6 Å². The highest BCUT2D eigenvalue weighted by molar-refractivity contribution is 7.98. The molecular formula is C21H25N7O3S2. The number of aryl methyl sites for hydroxylation is 1. The highest BCUT2D eigenvalue weighted by Gasteiger charge is 2.20. The number of nitrogen functional groups attached to an aromatic ring is 1. The van der Waals surface area contributed by atoms with E-state index in [1.54, 1.807) is 25.3 Å². The highest BCUT2D eigenvalue weighted by Crippen LogP contribution is 2.31. The van der Waals surface area contributed by atoms with Gasteiger partial charge in [-0.05, 0) is 37.3 Å². The van der Waals surface area contributed by atoms with Crippen molar-refractivity contribution in [3.8, 4) is 17.1 Å². The third-order valence-electron chi connectivity index (χ3n) is 5.24. The van der Waals surface area contributed by atoms with Gasteiger partial charge in [0.2, 0.25) is 15.2 Å². The van der Waals surface area contributed by atoms with Gasteiger partial charge in [-0.15, -0.1) is 10.2 Å². The molecule has 0 spiro atoms. The molecule has 2 heterocycles. The van der Waals surface area contributed by atoms with Crippen molar-refractivity contribution in [3.05, 3.63) is 48.3 Å². The first-order chi connectivity index (χ1) is 15.8. The zero-order valence-electron chi connectivity index (χ0n) is 18.8. The van der Waals surface area contributed by atoms with Gasteiger partial charge in [-0.25, -0.2) is 22.4 Å². The zero-order chi connectivity index (χ0) is 23.8. The molecule has 0 aliphatic rings. The predicted octanol–water partition coefficient (Wildman–Crippen LogP) is 2.58. The van der Waals surface area contributed by atoms with Crippen LogP contribution < -0.4 is 10.6 Å². The van der Waals surface area contributed by atoms with Gasteiger partial charge in [0.1, 0.15) is 11.6 Å². The summed E-state index contributed by atoms with van der Waals surface area (Å²) in [6.45, 7) is 2.71. The Hall–Kier alpha value is -3.09. The van der Waals surface area contributed by atoms with Crippen LogP contribution in [0.15, 0.2) is 52.5 Å². The van der Waals surface area contributed by atoms with Crippen LogP contribution in [0.25, 0.3) is 22.4 Å². The molecule has 4 rings (SSSR count). The number of para-hydroxylation sites is 1. The summed E-state index contributed by atoms with van der Waals surface area (Å²) in [7, 11) is 1.07. The van der Waals surface area contributed by atoms with Gasteiger partial charge >= 0.3 is 0 Å². The first-order valence-electron chi connectivity index (χ1n) is 10.2. The Morgan fingerprint density at radius 2 is 1.91 bits per heavy atom. The van der Waals surface area contributed by atoms with Crippen molar-refractivity contribution in [3.63, 3.8) is 0 Å². The van der Waals surface area contributed by atoms with Crippen molar-refractivity contribution in [2.75, 3.05) is 27.0 Å². The monoisotopic (exact) mass is 487 g/mol. The molecule has 10 nitrogen and oxygen atoms in total. The number of hydrogen-bond acceptors (Lipinski definition) is 8. The zero-order valence-corrected chi connectivity index (χ0v) is 20.4. The number of sulfonamides is 1. The van der Waals surface area contributed by atoms with Gasteiger partial charge < -0.3 is 15.1 Å². The quantitative estimate of drug-likeness (QED) is 0.297. The first-order valence-corrected chi connectivity index (χ1v) is 12.6. The minimum atomic E-state index is -3.54. The maximum absolute atomic E-state index is 12.5. The van der Waals surface area contributed by atoms with Gasteiger partial charge in [0.05, 0.1) is 34.4 Å². The third-order valence-corrected chi connectivity index (χ3v) is 7.99. The molecule has 0 radical (unpaired) electrons. The van der Waals surface area contributed by atoms with E-state index in [1.165, 1.54) is 34.8 Å². The molecule has 0 saturated carbocycles. The largest absolute Gasteiger partial charge is 0.496 e. The van der Waals surface area contributed by atoms with Crippen LogP contribution in [0, 0.1) is 0 Å². The van der Waals surface area contributed by atoms with Crippen LogP contribution in [0.3, 0.4) is 0 Å². The number of nitrogens with zero attached hydrogens (tertiary/aromatic N) is 6. The van der Waals surface area contributed by atoms with Crippen LogP contribution in [-0.4, -0.2) is 58.4 Å². The van der Waals surface area contributed by atoms with Crippen LogP contribution in [0.2, 0.25) is 0 Å². The van der Waals surface area contributed by atoms with Gasteiger partial charge in [-0.3, -0.25) is 0 Å². The number of benzene rings is 2. The number of methoxy groups -OCH3 is 1. The molecule has 0 unspecified atom stereocenters.